The van der Waals surface area contributed by atoms with Crippen LogP contribution in [0.3, 0.4) is 0 Å². The zero-order chi connectivity index (χ0) is 35.8. The van der Waals surface area contributed by atoms with Crippen LogP contribution in [0.15, 0.2) is 0 Å². The van der Waals surface area contributed by atoms with Crippen molar-refractivity contribution in [3.05, 3.63) is 0 Å². The lowest BCUT2D eigenvalue weighted by Gasteiger charge is -2.38. The van der Waals surface area contributed by atoms with E-state index in [1.807, 2.05) is 0 Å². The van der Waals surface area contributed by atoms with Gasteiger partial charge in [0.05, 0.1) is 45.1 Å². The third-order valence-electron chi connectivity index (χ3n) is 7.81. The number of nitrogens with one attached hydrogen (secondary N) is 4. The van der Waals surface area contributed by atoms with Crippen molar-refractivity contribution in [3.63, 3.8) is 0 Å². The molecule has 2 heterocycles. The van der Waals surface area contributed by atoms with E-state index >= 15 is 0 Å². The zero-order valence-electron chi connectivity index (χ0n) is 27.7. The summed E-state index contributed by atoms with van der Waals surface area (Å²) in [6.45, 7) is 2.10. The molecule has 0 aromatic carbocycles. The van der Waals surface area contributed by atoms with Crippen LogP contribution in [0.5, 0.6) is 0 Å². The molecule has 2 fully saturated rings. The van der Waals surface area contributed by atoms with Crippen molar-refractivity contribution in [2.75, 3.05) is 59.5 Å². The Bertz CT molecular complexity index is 955. The average molecular weight is 696 g/mol. The van der Waals surface area contributed by atoms with Gasteiger partial charge in [-0.05, 0) is 26.7 Å². The predicted octanol–water partition coefficient (Wildman–Crippen LogP) is -5.37. The molecule has 0 bridgehead atoms. The molecule has 0 saturated carbocycles. The minimum atomic E-state index is -1.50. The predicted molar refractivity (Wildman–Crippen MR) is 165 cm³/mol. The quantitative estimate of drug-likeness (QED) is 0.0533. The first kappa shape index (κ1) is 41.6. The lowest BCUT2D eigenvalue weighted by molar-refractivity contribution is -0.292. The molecule has 48 heavy (non-hydrogen) atoms. The molecule has 10 atom stereocenters. The Morgan fingerprint density at radius 2 is 1.00 bits per heavy atom. The summed E-state index contributed by atoms with van der Waals surface area (Å²) in [5, 5.41) is 69.9. The number of nitrogens with zero attached hydrogens (tertiary/aromatic N) is 1. The molecule has 2 aliphatic rings. The number of amides is 4. The van der Waals surface area contributed by atoms with Crippen LogP contribution in [-0.2, 0) is 38.1 Å². The number of rotatable bonds is 20. The molecule has 0 aromatic rings. The maximum absolute atomic E-state index is 12.7. The van der Waals surface area contributed by atoms with Crippen LogP contribution >= 0.6 is 0 Å². The average Bonchev–Trinajstić information content (AvgIpc) is 3.05. The standard InChI is InChI=1S/C29H53N5O14/c1-16-22(39)24(41)26(43)28(47-16)45-11-9-32-20(37)14-34(13-19(36)31-8-6-4-5-7-18(35)30-3)15-21(38)33-10-12-46-29-27(44)25(42)23(40)17(2)48-29/h16-17,22-29,39-44H,4-15H2,1-3H3,(H,30,35)(H,31,36)(H,32,37)(H,33,38)/t16-,17-,22+,23+,24+,25+,26-,27?,28+,29+/m0/s1. The Kier molecular flexibility index (Phi) is 18.6. The summed E-state index contributed by atoms with van der Waals surface area (Å²) in [5.41, 5.74) is 0. The molecule has 19 nitrogen and oxygen atoms in total. The maximum atomic E-state index is 12.7. The van der Waals surface area contributed by atoms with Crippen molar-refractivity contribution < 1.29 is 68.8 Å². The summed E-state index contributed by atoms with van der Waals surface area (Å²) in [4.78, 5) is 50.6. The monoisotopic (exact) mass is 695 g/mol. The number of aliphatic hydroxyl groups is 6. The summed E-state index contributed by atoms with van der Waals surface area (Å²) in [5.74, 6) is -1.57. The Morgan fingerprint density at radius 1 is 0.583 bits per heavy atom. The van der Waals surface area contributed by atoms with Crippen LogP contribution in [0.25, 0.3) is 0 Å². The van der Waals surface area contributed by atoms with Gasteiger partial charge >= 0.3 is 0 Å². The number of ether oxygens (including phenoxy) is 4. The van der Waals surface area contributed by atoms with Crippen molar-refractivity contribution in [3.8, 4) is 0 Å². The SMILES string of the molecule is CNC(=O)CCCCCNC(=O)CN(CC(=O)NCCO[C@@H]1O[C@@H](C)[C@@H](O)[C@@H](O)C1O)CC(=O)NCCO[C@@H]1O[C@@H](C)[C@@H](O)[C@@H](O)[C@@H]1O. The van der Waals surface area contributed by atoms with Gasteiger partial charge in [0.25, 0.3) is 0 Å². The van der Waals surface area contributed by atoms with Gasteiger partial charge in [0.15, 0.2) is 12.6 Å². The molecular formula is C29H53N5O14. The second-order valence-corrected chi connectivity index (χ2v) is 11.8. The Labute approximate surface area is 279 Å². The molecule has 0 radical (unpaired) electrons. The van der Waals surface area contributed by atoms with Gasteiger partial charge < -0.3 is 70.9 Å². The first-order chi connectivity index (χ1) is 22.7. The highest BCUT2D eigenvalue weighted by Crippen LogP contribution is 2.22. The second-order valence-electron chi connectivity index (χ2n) is 11.8. The van der Waals surface area contributed by atoms with Gasteiger partial charge in [-0.25, -0.2) is 0 Å². The fraction of sp³-hybridized carbons (Fsp3) is 0.862. The van der Waals surface area contributed by atoms with Crippen LogP contribution in [0, 0.1) is 0 Å². The smallest absolute Gasteiger partial charge is 0.234 e. The Hall–Kier alpha value is -2.56. The maximum Gasteiger partial charge on any atom is 0.234 e. The minimum absolute atomic E-state index is 0.0303. The Morgan fingerprint density at radius 3 is 1.42 bits per heavy atom. The summed E-state index contributed by atoms with van der Waals surface area (Å²) < 4.78 is 21.5. The molecule has 0 spiro atoms. The van der Waals surface area contributed by atoms with E-state index in [0.29, 0.717) is 25.8 Å². The fourth-order valence-corrected chi connectivity index (χ4v) is 4.92. The summed E-state index contributed by atoms with van der Waals surface area (Å²) in [6, 6.07) is 0. The number of unbranched alkanes of at least 4 members (excludes halogenated alkanes) is 2. The molecule has 2 rings (SSSR count). The summed E-state index contributed by atoms with van der Waals surface area (Å²) >= 11 is 0. The fourth-order valence-electron chi connectivity index (χ4n) is 4.92. The first-order valence-corrected chi connectivity index (χ1v) is 16.1. The molecule has 19 heteroatoms. The number of carbonyl (C=O) groups is 4. The summed E-state index contributed by atoms with van der Waals surface area (Å²) in [6.07, 6.45) is -10.1. The second kappa shape index (κ2) is 21.5. The van der Waals surface area contributed by atoms with E-state index < -0.39 is 79.1 Å². The van der Waals surface area contributed by atoms with Crippen molar-refractivity contribution >= 4 is 23.6 Å². The molecule has 2 saturated heterocycles. The highest BCUT2D eigenvalue weighted by Gasteiger charge is 2.43. The van der Waals surface area contributed by atoms with E-state index in [0.717, 1.165) is 6.42 Å². The normalized spacial score (nSPS) is 30.5. The molecule has 4 amide bonds. The zero-order valence-corrected chi connectivity index (χ0v) is 27.7. The van der Waals surface area contributed by atoms with Crippen LogP contribution in [0.2, 0.25) is 0 Å². The number of hydrogen-bond donors (Lipinski definition) is 10. The van der Waals surface area contributed by atoms with Crippen LogP contribution in [0.1, 0.15) is 39.5 Å². The summed E-state index contributed by atoms with van der Waals surface area (Å²) in [7, 11) is 1.56. The van der Waals surface area contributed by atoms with Crippen molar-refractivity contribution in [1.82, 2.24) is 26.2 Å². The van der Waals surface area contributed by atoms with Gasteiger partial charge in [0.1, 0.15) is 36.6 Å². The largest absolute Gasteiger partial charge is 0.388 e. The highest BCUT2D eigenvalue weighted by molar-refractivity contribution is 5.84. The molecular weight excluding hydrogens is 642 g/mol. The van der Waals surface area contributed by atoms with Crippen molar-refractivity contribution in [2.24, 2.45) is 0 Å². The highest BCUT2D eigenvalue weighted by atomic mass is 16.7. The van der Waals surface area contributed by atoms with Crippen molar-refractivity contribution in [1.29, 1.82) is 0 Å². The van der Waals surface area contributed by atoms with Crippen LogP contribution in [-0.4, -0.2) is 180 Å². The lowest BCUT2D eigenvalue weighted by atomic mass is 10.0. The third kappa shape index (κ3) is 14.1. The van der Waals surface area contributed by atoms with E-state index in [1.165, 1.54) is 18.7 Å². The molecule has 0 aromatic heterocycles. The van der Waals surface area contributed by atoms with Crippen molar-refractivity contribution in [2.45, 2.75) is 101 Å². The number of carbonyl (C=O) groups excluding carboxylic acids is 4. The van der Waals surface area contributed by atoms with Gasteiger partial charge in [-0.2, -0.15) is 0 Å². The number of hydrogen-bond acceptors (Lipinski definition) is 15. The lowest BCUT2D eigenvalue weighted by Crippen LogP contribution is -2.57. The third-order valence-corrected chi connectivity index (χ3v) is 7.81. The van der Waals surface area contributed by atoms with E-state index in [1.54, 1.807) is 7.05 Å². The van der Waals surface area contributed by atoms with E-state index in [9.17, 15) is 49.8 Å². The van der Waals surface area contributed by atoms with Gasteiger partial charge in [-0.15, -0.1) is 0 Å². The molecule has 2 aliphatic heterocycles. The first-order valence-electron chi connectivity index (χ1n) is 16.1. The van der Waals surface area contributed by atoms with E-state index in [4.69, 9.17) is 18.9 Å². The molecule has 278 valence electrons. The van der Waals surface area contributed by atoms with Gasteiger partial charge in [-0.3, -0.25) is 24.1 Å². The topological polar surface area (TPSA) is 278 Å². The molecule has 10 N–H and O–H groups in total. The molecule has 1 unspecified atom stereocenters. The van der Waals surface area contributed by atoms with Crippen LogP contribution < -0.4 is 21.3 Å². The van der Waals surface area contributed by atoms with Gasteiger partial charge in [0.2, 0.25) is 23.6 Å². The Balaban J connectivity index is 1.81. The van der Waals surface area contributed by atoms with E-state index in [2.05, 4.69) is 21.3 Å². The number of aliphatic hydroxyl groups excluding tert-OH is 6. The minimum Gasteiger partial charge on any atom is -0.388 e. The van der Waals surface area contributed by atoms with Gasteiger partial charge in [0, 0.05) is 33.1 Å². The molecule has 0 aliphatic carbocycles. The van der Waals surface area contributed by atoms with E-state index in [-0.39, 0.29) is 51.8 Å². The van der Waals surface area contributed by atoms with Gasteiger partial charge in [-0.1, -0.05) is 6.42 Å². The van der Waals surface area contributed by atoms with Crippen LogP contribution in [0.4, 0.5) is 0 Å².